The first-order valence-corrected chi connectivity index (χ1v) is 7.44. The summed E-state index contributed by atoms with van der Waals surface area (Å²) in [6.45, 7) is 3.72. The van der Waals surface area contributed by atoms with Crippen molar-refractivity contribution in [2.45, 2.75) is 71.3 Å². The molecule has 0 radical (unpaired) electrons. The fourth-order valence-corrected chi connectivity index (χ4v) is 2.07. The number of unbranched alkanes of at least 4 members (excludes halogenated alkanes) is 2. The van der Waals surface area contributed by atoms with Gasteiger partial charge in [0, 0.05) is 25.3 Å². The summed E-state index contributed by atoms with van der Waals surface area (Å²) in [7, 11) is 0. The lowest BCUT2D eigenvalue weighted by Gasteiger charge is -2.17. The van der Waals surface area contributed by atoms with Gasteiger partial charge in [0.2, 0.25) is 5.91 Å². The van der Waals surface area contributed by atoms with Crippen LogP contribution in [0.3, 0.4) is 0 Å². The summed E-state index contributed by atoms with van der Waals surface area (Å²) in [6.07, 6.45) is 5.38. The van der Waals surface area contributed by atoms with Gasteiger partial charge in [-0.25, -0.2) is 0 Å². The molecule has 20 heavy (non-hydrogen) atoms. The van der Waals surface area contributed by atoms with Crippen LogP contribution >= 0.6 is 0 Å². The average Bonchev–Trinajstić information content (AvgIpc) is 2.34. The molecule has 5 heteroatoms. The van der Waals surface area contributed by atoms with E-state index < -0.39 is 0 Å². The van der Waals surface area contributed by atoms with Crippen molar-refractivity contribution in [3.05, 3.63) is 0 Å². The summed E-state index contributed by atoms with van der Waals surface area (Å²) in [4.78, 5) is 33.8. The summed E-state index contributed by atoms with van der Waals surface area (Å²) in [5.74, 6) is 0.203. The Hall–Kier alpha value is -1.23. The van der Waals surface area contributed by atoms with E-state index in [4.69, 9.17) is 5.73 Å². The van der Waals surface area contributed by atoms with E-state index in [0.29, 0.717) is 32.2 Å². The highest BCUT2D eigenvalue weighted by Gasteiger charge is 2.13. The van der Waals surface area contributed by atoms with Gasteiger partial charge in [-0.15, -0.1) is 0 Å². The summed E-state index contributed by atoms with van der Waals surface area (Å²) in [5, 5.41) is 2.91. The molecule has 0 bridgehead atoms. The second-order valence-electron chi connectivity index (χ2n) is 5.36. The zero-order chi connectivity index (χ0) is 15.4. The third-order valence-electron chi connectivity index (χ3n) is 3.09. The minimum atomic E-state index is -0.0839. The number of rotatable bonds is 12. The highest BCUT2D eigenvalue weighted by atomic mass is 16.2. The van der Waals surface area contributed by atoms with Crippen LogP contribution in [0.1, 0.15) is 65.2 Å². The van der Waals surface area contributed by atoms with Crippen molar-refractivity contribution in [1.82, 2.24) is 5.32 Å². The lowest BCUT2D eigenvalue weighted by molar-refractivity contribution is -0.123. The molecule has 0 rings (SSSR count). The van der Waals surface area contributed by atoms with E-state index in [1.807, 2.05) is 0 Å². The summed E-state index contributed by atoms with van der Waals surface area (Å²) in [6, 6.07) is -0.0839. The van der Waals surface area contributed by atoms with Crippen molar-refractivity contribution in [2.24, 2.45) is 5.73 Å². The van der Waals surface area contributed by atoms with Crippen molar-refractivity contribution >= 4 is 17.5 Å². The average molecular weight is 284 g/mol. The normalized spacial score (nSPS) is 11.9. The minimum Gasteiger partial charge on any atom is -0.353 e. The van der Waals surface area contributed by atoms with Gasteiger partial charge in [0.25, 0.3) is 0 Å². The van der Waals surface area contributed by atoms with Gasteiger partial charge in [-0.05, 0) is 46.1 Å². The molecule has 0 spiro atoms. The largest absolute Gasteiger partial charge is 0.353 e. The number of Topliss-reactive ketones (excluding diaryl/α,β-unsaturated/α-hetero) is 2. The molecule has 0 aromatic rings. The Morgan fingerprint density at radius 1 is 0.950 bits per heavy atom. The van der Waals surface area contributed by atoms with Gasteiger partial charge in [0.1, 0.15) is 11.6 Å². The second-order valence-corrected chi connectivity index (χ2v) is 5.36. The molecule has 1 amide bonds. The molecule has 0 aliphatic carbocycles. The third kappa shape index (κ3) is 11.8. The third-order valence-corrected chi connectivity index (χ3v) is 3.09. The zero-order valence-corrected chi connectivity index (χ0v) is 12.7. The fraction of sp³-hybridized carbons (Fsp3) is 0.800. The number of hydrogen-bond acceptors (Lipinski definition) is 4. The van der Waals surface area contributed by atoms with Crippen LogP contribution in [0.15, 0.2) is 0 Å². The topological polar surface area (TPSA) is 89.3 Å². The Kier molecular flexibility index (Phi) is 10.9. The first-order chi connectivity index (χ1) is 9.45. The van der Waals surface area contributed by atoms with Crippen molar-refractivity contribution in [3.8, 4) is 0 Å². The molecule has 116 valence electrons. The van der Waals surface area contributed by atoms with Gasteiger partial charge in [0.05, 0.1) is 0 Å². The maximum atomic E-state index is 11.8. The Bertz CT molecular complexity index is 316. The number of hydrogen-bond donors (Lipinski definition) is 2. The summed E-state index contributed by atoms with van der Waals surface area (Å²) in [5.41, 5.74) is 5.44. The molecule has 0 aromatic heterocycles. The molecule has 0 aliphatic rings. The van der Waals surface area contributed by atoms with Crippen LogP contribution in [0.25, 0.3) is 0 Å². The van der Waals surface area contributed by atoms with Gasteiger partial charge in [-0.1, -0.05) is 6.42 Å². The molecule has 0 aromatic carbocycles. The number of carbonyl (C=O) groups excluding carboxylic acids is 3. The maximum absolute atomic E-state index is 11.8. The molecule has 0 fully saturated rings. The van der Waals surface area contributed by atoms with Crippen molar-refractivity contribution in [1.29, 1.82) is 0 Å². The van der Waals surface area contributed by atoms with E-state index in [2.05, 4.69) is 5.32 Å². The smallest absolute Gasteiger partial charge is 0.220 e. The number of nitrogens with one attached hydrogen (secondary N) is 1. The van der Waals surface area contributed by atoms with E-state index in [1.54, 1.807) is 6.92 Å². The highest BCUT2D eigenvalue weighted by molar-refractivity contribution is 5.79. The van der Waals surface area contributed by atoms with Crippen LogP contribution in [-0.4, -0.2) is 30.1 Å². The maximum Gasteiger partial charge on any atom is 0.220 e. The summed E-state index contributed by atoms with van der Waals surface area (Å²) < 4.78 is 0. The van der Waals surface area contributed by atoms with Crippen molar-refractivity contribution in [3.63, 3.8) is 0 Å². The Morgan fingerprint density at radius 3 is 2.15 bits per heavy atom. The van der Waals surface area contributed by atoms with Crippen molar-refractivity contribution < 1.29 is 14.4 Å². The molecule has 1 unspecified atom stereocenters. The van der Waals surface area contributed by atoms with E-state index in [9.17, 15) is 14.4 Å². The molecule has 3 N–H and O–H groups in total. The molecular formula is C15H28N2O3. The lowest BCUT2D eigenvalue weighted by atomic mass is 10.0. The van der Waals surface area contributed by atoms with Crippen LogP contribution in [0.5, 0.6) is 0 Å². The van der Waals surface area contributed by atoms with Crippen LogP contribution in [-0.2, 0) is 14.4 Å². The van der Waals surface area contributed by atoms with Crippen molar-refractivity contribution in [2.75, 3.05) is 6.54 Å². The summed E-state index contributed by atoms with van der Waals surface area (Å²) >= 11 is 0. The molecule has 0 aliphatic heterocycles. The lowest BCUT2D eigenvalue weighted by Crippen LogP contribution is -2.36. The fourth-order valence-electron chi connectivity index (χ4n) is 2.07. The number of amides is 1. The zero-order valence-electron chi connectivity index (χ0n) is 12.7. The van der Waals surface area contributed by atoms with E-state index in [1.165, 1.54) is 6.92 Å². The Morgan fingerprint density at radius 2 is 1.60 bits per heavy atom. The predicted molar refractivity (Wildman–Crippen MR) is 79.3 cm³/mol. The van der Waals surface area contributed by atoms with E-state index in [-0.39, 0.29) is 23.5 Å². The van der Waals surface area contributed by atoms with Crippen LogP contribution in [0, 0.1) is 0 Å². The first kappa shape index (κ1) is 18.8. The molecule has 0 saturated carbocycles. The number of carbonyl (C=O) groups is 3. The molecule has 0 heterocycles. The quantitative estimate of drug-likeness (QED) is 0.534. The van der Waals surface area contributed by atoms with Gasteiger partial charge in [-0.2, -0.15) is 0 Å². The van der Waals surface area contributed by atoms with Crippen LogP contribution in [0.2, 0.25) is 0 Å². The van der Waals surface area contributed by atoms with Gasteiger partial charge < -0.3 is 15.8 Å². The SMILES string of the molecule is CC(=O)CCCCC(=O)NC(CCCCN)CC(C)=O. The Labute approximate surface area is 121 Å². The highest BCUT2D eigenvalue weighted by Crippen LogP contribution is 2.07. The van der Waals surface area contributed by atoms with Crippen LogP contribution in [0.4, 0.5) is 0 Å². The van der Waals surface area contributed by atoms with Gasteiger partial charge >= 0.3 is 0 Å². The molecule has 1 atom stereocenters. The minimum absolute atomic E-state index is 0.0347. The van der Waals surface area contributed by atoms with E-state index >= 15 is 0 Å². The standard InChI is InChI=1S/C15H28N2O3/c1-12(18)7-3-4-9-15(20)17-14(11-13(2)19)8-5-6-10-16/h14H,3-11,16H2,1-2H3,(H,17,20). The Balaban J connectivity index is 3.97. The molecule has 5 nitrogen and oxygen atoms in total. The molecular weight excluding hydrogens is 256 g/mol. The monoisotopic (exact) mass is 284 g/mol. The second kappa shape index (κ2) is 11.6. The van der Waals surface area contributed by atoms with Crippen LogP contribution < -0.4 is 11.1 Å². The predicted octanol–water partition coefficient (Wildman–Crippen LogP) is 1.73. The number of ketones is 2. The number of nitrogens with two attached hydrogens (primary N) is 1. The first-order valence-electron chi connectivity index (χ1n) is 7.44. The van der Waals surface area contributed by atoms with Gasteiger partial charge in [0.15, 0.2) is 0 Å². The van der Waals surface area contributed by atoms with Gasteiger partial charge in [-0.3, -0.25) is 9.59 Å². The van der Waals surface area contributed by atoms with E-state index in [0.717, 1.165) is 25.7 Å². The molecule has 0 saturated heterocycles.